The zero-order chi connectivity index (χ0) is 11.7. The first-order valence-electron chi connectivity index (χ1n) is 5.77. The van der Waals surface area contributed by atoms with E-state index in [9.17, 15) is 4.79 Å². The Labute approximate surface area is 103 Å². The molecule has 1 aliphatic rings. The molecule has 0 bridgehead atoms. The first-order valence-corrected chi connectivity index (χ1v) is 7.05. The first kappa shape index (κ1) is 10.7. The molecular weight excluding hydrogens is 227 g/mol. The SMILES string of the molecule is O=CPCC1c2ccccc2-c2ccccc21. The highest BCUT2D eigenvalue weighted by atomic mass is 31.1. The van der Waals surface area contributed by atoms with E-state index in [0.717, 1.165) is 12.2 Å². The summed E-state index contributed by atoms with van der Waals surface area (Å²) in [6, 6.07) is 18.1. The molecule has 84 valence electrons. The van der Waals surface area contributed by atoms with Crippen molar-refractivity contribution in [1.82, 2.24) is 0 Å². The number of fused-ring (bicyclic) bond motifs is 3. The van der Waals surface area contributed by atoms with Crippen molar-refractivity contribution in [3.05, 3.63) is 59.7 Å². The Morgan fingerprint density at radius 2 is 1.47 bits per heavy atom. The quantitative estimate of drug-likeness (QED) is 0.591. The molecular formula is C15H13OP. The van der Waals surface area contributed by atoms with Crippen LogP contribution in [0.5, 0.6) is 0 Å². The maximum absolute atomic E-state index is 10.6. The second-order valence-corrected chi connectivity index (χ2v) is 5.31. The van der Waals surface area contributed by atoms with E-state index in [1.807, 2.05) is 0 Å². The lowest BCUT2D eigenvalue weighted by molar-refractivity contribution is 0.569. The smallest absolute Gasteiger partial charge is 0.138 e. The third-order valence-electron chi connectivity index (χ3n) is 3.37. The third-order valence-corrected chi connectivity index (χ3v) is 4.18. The Morgan fingerprint density at radius 3 is 2.00 bits per heavy atom. The maximum Gasteiger partial charge on any atom is 0.138 e. The van der Waals surface area contributed by atoms with E-state index in [4.69, 9.17) is 0 Å². The van der Waals surface area contributed by atoms with Gasteiger partial charge in [0.15, 0.2) is 0 Å². The van der Waals surface area contributed by atoms with E-state index >= 15 is 0 Å². The molecule has 3 rings (SSSR count). The Morgan fingerprint density at radius 1 is 0.941 bits per heavy atom. The van der Waals surface area contributed by atoms with Crippen molar-refractivity contribution < 1.29 is 4.79 Å². The predicted octanol–water partition coefficient (Wildman–Crippen LogP) is 3.67. The van der Waals surface area contributed by atoms with Gasteiger partial charge in [0.1, 0.15) is 6.03 Å². The normalized spacial score (nSPS) is 13.9. The van der Waals surface area contributed by atoms with Gasteiger partial charge in [-0.2, -0.15) is 0 Å². The zero-order valence-electron chi connectivity index (χ0n) is 9.39. The van der Waals surface area contributed by atoms with Crippen LogP contribution in [-0.2, 0) is 4.79 Å². The van der Waals surface area contributed by atoms with Crippen molar-refractivity contribution in [2.75, 3.05) is 6.16 Å². The molecule has 2 heteroatoms. The standard InChI is InChI=1S/C15H13OP/c16-10-17-9-15-13-7-3-1-5-11(13)12-6-2-4-8-14(12)15/h1-8,10,15,17H,9H2. The molecule has 0 spiro atoms. The summed E-state index contributed by atoms with van der Waals surface area (Å²) >= 11 is 0. The van der Waals surface area contributed by atoms with Crippen LogP contribution in [0.3, 0.4) is 0 Å². The van der Waals surface area contributed by atoms with Gasteiger partial charge in [0.2, 0.25) is 0 Å². The van der Waals surface area contributed by atoms with Crippen LogP contribution < -0.4 is 0 Å². The summed E-state index contributed by atoms with van der Waals surface area (Å²) in [4.78, 5) is 10.6. The summed E-state index contributed by atoms with van der Waals surface area (Å²) in [5, 5.41) is 0. The fraction of sp³-hybridized carbons (Fsp3) is 0.133. The number of carbonyl (C=O) groups is 1. The van der Waals surface area contributed by atoms with Crippen LogP contribution in [-0.4, -0.2) is 12.2 Å². The lowest BCUT2D eigenvalue weighted by Crippen LogP contribution is -1.98. The summed E-state index contributed by atoms with van der Waals surface area (Å²) < 4.78 is 0. The van der Waals surface area contributed by atoms with Gasteiger partial charge in [-0.15, -0.1) is 0 Å². The minimum absolute atomic E-state index is 0.392. The molecule has 0 saturated heterocycles. The molecule has 17 heavy (non-hydrogen) atoms. The van der Waals surface area contributed by atoms with Crippen molar-refractivity contribution >= 4 is 14.6 Å². The van der Waals surface area contributed by atoms with Crippen molar-refractivity contribution in [3.8, 4) is 11.1 Å². The summed E-state index contributed by atoms with van der Waals surface area (Å²) in [6.07, 6.45) is 0.942. The average Bonchev–Trinajstić information content (AvgIpc) is 2.71. The number of carbonyl (C=O) groups excluding carboxylic acids is 1. The zero-order valence-corrected chi connectivity index (χ0v) is 10.4. The number of hydrogen-bond acceptors (Lipinski definition) is 1. The molecule has 1 unspecified atom stereocenters. The monoisotopic (exact) mass is 240 g/mol. The Balaban J connectivity index is 2.13. The lowest BCUT2D eigenvalue weighted by atomic mass is 9.99. The summed E-state index contributed by atoms with van der Waals surface area (Å²) in [6.45, 7) is 0. The van der Waals surface area contributed by atoms with E-state index < -0.39 is 0 Å². The van der Waals surface area contributed by atoms with Gasteiger partial charge in [0.05, 0.1) is 0 Å². The van der Waals surface area contributed by atoms with Crippen LogP contribution in [0.4, 0.5) is 0 Å². The van der Waals surface area contributed by atoms with Gasteiger partial charge in [0, 0.05) is 5.92 Å². The fourth-order valence-electron chi connectivity index (χ4n) is 2.65. The number of rotatable bonds is 3. The van der Waals surface area contributed by atoms with Crippen LogP contribution >= 0.6 is 8.58 Å². The van der Waals surface area contributed by atoms with Gasteiger partial charge in [-0.25, -0.2) is 0 Å². The highest BCUT2D eigenvalue weighted by Crippen LogP contribution is 2.46. The van der Waals surface area contributed by atoms with Gasteiger partial charge in [-0.3, -0.25) is 4.79 Å². The molecule has 0 N–H and O–H groups in total. The minimum atomic E-state index is 0.392. The molecule has 1 atom stereocenters. The maximum atomic E-state index is 10.6. The van der Waals surface area contributed by atoms with Crippen LogP contribution in [0.15, 0.2) is 48.5 Å². The van der Waals surface area contributed by atoms with Crippen LogP contribution in [0.2, 0.25) is 0 Å². The van der Waals surface area contributed by atoms with Crippen LogP contribution in [0.25, 0.3) is 11.1 Å². The van der Waals surface area contributed by atoms with E-state index in [1.54, 1.807) is 0 Å². The van der Waals surface area contributed by atoms with Crippen molar-refractivity contribution in [1.29, 1.82) is 0 Å². The molecule has 2 aromatic carbocycles. The largest absolute Gasteiger partial charge is 0.299 e. The van der Waals surface area contributed by atoms with Gasteiger partial charge in [-0.1, -0.05) is 57.1 Å². The highest BCUT2D eigenvalue weighted by Gasteiger charge is 2.27. The Hall–Kier alpha value is -1.46. The molecule has 0 amide bonds. The Kier molecular flexibility index (Phi) is 2.78. The van der Waals surface area contributed by atoms with Gasteiger partial charge >= 0.3 is 0 Å². The second-order valence-electron chi connectivity index (χ2n) is 4.25. The van der Waals surface area contributed by atoms with Gasteiger partial charge < -0.3 is 0 Å². The molecule has 0 saturated carbocycles. The van der Waals surface area contributed by atoms with Crippen molar-refractivity contribution in [2.24, 2.45) is 0 Å². The molecule has 0 aliphatic heterocycles. The van der Waals surface area contributed by atoms with E-state index in [0.29, 0.717) is 14.5 Å². The molecule has 0 fully saturated rings. The minimum Gasteiger partial charge on any atom is -0.299 e. The highest BCUT2D eigenvalue weighted by molar-refractivity contribution is 7.55. The van der Waals surface area contributed by atoms with E-state index in [2.05, 4.69) is 48.5 Å². The topological polar surface area (TPSA) is 17.1 Å². The molecule has 0 heterocycles. The first-order chi connectivity index (χ1) is 8.42. The summed E-state index contributed by atoms with van der Waals surface area (Å²) in [5.74, 6) is 0.408. The van der Waals surface area contributed by atoms with E-state index in [1.165, 1.54) is 22.3 Å². The number of hydrogen-bond donors (Lipinski definition) is 0. The summed E-state index contributed by atoms with van der Waals surface area (Å²) in [7, 11) is 0.392. The van der Waals surface area contributed by atoms with Crippen molar-refractivity contribution in [3.63, 3.8) is 0 Å². The molecule has 1 nitrogen and oxygen atoms in total. The average molecular weight is 240 g/mol. The third kappa shape index (κ3) is 1.71. The molecule has 1 aliphatic carbocycles. The van der Waals surface area contributed by atoms with Gasteiger partial charge in [0.25, 0.3) is 0 Å². The number of benzene rings is 2. The Bertz CT molecular complexity index is 517. The fourth-order valence-corrected chi connectivity index (χ4v) is 3.42. The van der Waals surface area contributed by atoms with Crippen molar-refractivity contribution in [2.45, 2.75) is 5.92 Å². The summed E-state index contributed by atoms with van der Waals surface area (Å²) in [5.41, 5.74) is 5.43. The predicted molar refractivity (Wildman–Crippen MR) is 73.7 cm³/mol. The van der Waals surface area contributed by atoms with E-state index in [-0.39, 0.29) is 0 Å². The molecule has 0 radical (unpaired) electrons. The van der Waals surface area contributed by atoms with Gasteiger partial charge in [-0.05, 0) is 28.4 Å². The van der Waals surface area contributed by atoms with Crippen LogP contribution in [0, 0.1) is 0 Å². The lowest BCUT2D eigenvalue weighted by Gasteiger charge is -2.11. The second kappa shape index (κ2) is 4.43. The molecule has 2 aromatic rings. The molecule has 0 aromatic heterocycles. The van der Waals surface area contributed by atoms with Crippen LogP contribution in [0.1, 0.15) is 17.0 Å².